The first kappa shape index (κ1) is 11.7. The standard InChI is InChI=1S/C15H17Br/c1-2-3-12-4-6-13(7-5-12)14-8-10-15(16)11-9-14/h4,6-12H,2-3,5H2,1H3. The topological polar surface area (TPSA) is 0 Å². The number of halogens is 1. The number of hydrogen-bond acceptors (Lipinski definition) is 0. The minimum Gasteiger partial charge on any atom is -0.0805 e. The molecule has 0 nitrogen and oxygen atoms in total. The van der Waals surface area contributed by atoms with E-state index in [9.17, 15) is 0 Å². The molecule has 1 aliphatic carbocycles. The van der Waals surface area contributed by atoms with Crippen molar-refractivity contribution in [2.75, 3.05) is 0 Å². The summed E-state index contributed by atoms with van der Waals surface area (Å²) in [6.07, 6.45) is 10.8. The van der Waals surface area contributed by atoms with Gasteiger partial charge in [-0.2, -0.15) is 0 Å². The molecule has 1 atom stereocenters. The first-order valence-corrected chi connectivity index (χ1v) is 6.73. The Labute approximate surface area is 106 Å². The Morgan fingerprint density at radius 3 is 2.56 bits per heavy atom. The minimum atomic E-state index is 0.754. The van der Waals surface area contributed by atoms with Gasteiger partial charge in [0.2, 0.25) is 0 Å². The second kappa shape index (κ2) is 5.49. The van der Waals surface area contributed by atoms with Crippen molar-refractivity contribution in [1.82, 2.24) is 0 Å². The molecule has 16 heavy (non-hydrogen) atoms. The predicted octanol–water partition coefficient (Wildman–Crippen LogP) is 5.21. The predicted molar refractivity (Wildman–Crippen MR) is 74.3 cm³/mol. The highest BCUT2D eigenvalue weighted by molar-refractivity contribution is 9.10. The number of allylic oxidation sites excluding steroid dienone is 4. The van der Waals surface area contributed by atoms with Crippen molar-refractivity contribution in [1.29, 1.82) is 0 Å². The van der Waals surface area contributed by atoms with Crippen LogP contribution in [0.3, 0.4) is 0 Å². The molecule has 0 bridgehead atoms. The number of hydrogen-bond donors (Lipinski definition) is 0. The summed E-state index contributed by atoms with van der Waals surface area (Å²) in [6.45, 7) is 2.25. The zero-order valence-electron chi connectivity index (χ0n) is 9.62. The van der Waals surface area contributed by atoms with Gasteiger partial charge in [-0.1, -0.05) is 59.6 Å². The van der Waals surface area contributed by atoms with Crippen molar-refractivity contribution >= 4 is 21.5 Å². The van der Waals surface area contributed by atoms with E-state index in [1.807, 2.05) is 0 Å². The van der Waals surface area contributed by atoms with E-state index in [2.05, 4.69) is 65.3 Å². The molecule has 0 radical (unpaired) electrons. The summed E-state index contributed by atoms with van der Waals surface area (Å²) in [5.74, 6) is 0.754. The van der Waals surface area contributed by atoms with Gasteiger partial charge in [0.1, 0.15) is 0 Å². The lowest BCUT2D eigenvalue weighted by molar-refractivity contribution is 0.585. The van der Waals surface area contributed by atoms with Crippen molar-refractivity contribution in [2.24, 2.45) is 5.92 Å². The van der Waals surface area contributed by atoms with Crippen LogP contribution in [-0.4, -0.2) is 0 Å². The summed E-state index contributed by atoms with van der Waals surface area (Å²) < 4.78 is 1.14. The van der Waals surface area contributed by atoms with Crippen molar-refractivity contribution in [3.8, 4) is 0 Å². The smallest absolute Gasteiger partial charge is 0.0175 e. The average molecular weight is 277 g/mol. The molecule has 1 unspecified atom stereocenters. The van der Waals surface area contributed by atoms with Crippen LogP contribution in [0.1, 0.15) is 31.7 Å². The molecule has 0 amide bonds. The van der Waals surface area contributed by atoms with Crippen LogP contribution in [0.2, 0.25) is 0 Å². The van der Waals surface area contributed by atoms with Crippen LogP contribution >= 0.6 is 15.9 Å². The highest BCUT2D eigenvalue weighted by Crippen LogP contribution is 2.27. The van der Waals surface area contributed by atoms with Gasteiger partial charge >= 0.3 is 0 Å². The SMILES string of the molecule is CCCC1C=CC(c2ccc(Br)cc2)=CC1. The molecular formula is C15H17Br. The van der Waals surface area contributed by atoms with E-state index in [0.717, 1.165) is 10.4 Å². The second-order valence-electron chi connectivity index (χ2n) is 4.31. The fraction of sp³-hybridized carbons (Fsp3) is 0.333. The summed E-state index contributed by atoms with van der Waals surface area (Å²) in [6, 6.07) is 8.53. The van der Waals surface area contributed by atoms with E-state index in [1.54, 1.807) is 0 Å². The highest BCUT2D eigenvalue weighted by Gasteiger charge is 2.08. The van der Waals surface area contributed by atoms with Gasteiger partial charge in [-0.15, -0.1) is 0 Å². The first-order valence-electron chi connectivity index (χ1n) is 5.94. The summed E-state index contributed by atoms with van der Waals surface area (Å²) in [7, 11) is 0. The van der Waals surface area contributed by atoms with E-state index in [1.165, 1.54) is 30.4 Å². The normalized spacial score (nSPS) is 19.6. The van der Waals surface area contributed by atoms with Gasteiger partial charge in [-0.25, -0.2) is 0 Å². The van der Waals surface area contributed by atoms with Crippen molar-refractivity contribution in [3.63, 3.8) is 0 Å². The van der Waals surface area contributed by atoms with E-state index >= 15 is 0 Å². The van der Waals surface area contributed by atoms with E-state index in [0.29, 0.717) is 0 Å². The quantitative estimate of drug-likeness (QED) is 0.711. The molecule has 0 N–H and O–H groups in total. The zero-order valence-corrected chi connectivity index (χ0v) is 11.2. The molecule has 0 saturated carbocycles. The second-order valence-corrected chi connectivity index (χ2v) is 5.23. The maximum atomic E-state index is 3.46. The van der Waals surface area contributed by atoms with E-state index in [-0.39, 0.29) is 0 Å². The third-order valence-corrected chi connectivity index (χ3v) is 3.55. The van der Waals surface area contributed by atoms with Gasteiger partial charge in [0.15, 0.2) is 0 Å². The Kier molecular flexibility index (Phi) is 4.00. The number of benzene rings is 1. The molecule has 1 aliphatic rings. The Hall–Kier alpha value is -0.820. The summed E-state index contributed by atoms with van der Waals surface area (Å²) >= 11 is 3.46. The maximum absolute atomic E-state index is 3.46. The first-order chi connectivity index (χ1) is 7.79. The minimum absolute atomic E-state index is 0.754. The average Bonchev–Trinajstić information content (AvgIpc) is 2.32. The van der Waals surface area contributed by atoms with Gasteiger partial charge in [-0.3, -0.25) is 0 Å². The molecule has 0 aromatic heterocycles. The third kappa shape index (κ3) is 2.85. The third-order valence-electron chi connectivity index (χ3n) is 3.03. The van der Waals surface area contributed by atoms with Gasteiger partial charge in [0.05, 0.1) is 0 Å². The van der Waals surface area contributed by atoms with Crippen molar-refractivity contribution in [2.45, 2.75) is 26.2 Å². The summed E-state index contributed by atoms with van der Waals surface area (Å²) in [4.78, 5) is 0. The lowest BCUT2D eigenvalue weighted by Crippen LogP contribution is -1.98. The lowest BCUT2D eigenvalue weighted by Gasteiger charge is -2.15. The van der Waals surface area contributed by atoms with Crippen molar-refractivity contribution < 1.29 is 0 Å². The van der Waals surface area contributed by atoms with Gasteiger partial charge in [0, 0.05) is 4.47 Å². The Balaban J connectivity index is 2.08. The fourth-order valence-corrected chi connectivity index (χ4v) is 2.37. The van der Waals surface area contributed by atoms with Crippen LogP contribution in [-0.2, 0) is 0 Å². The molecule has 1 aromatic carbocycles. The highest BCUT2D eigenvalue weighted by atomic mass is 79.9. The molecule has 0 aliphatic heterocycles. The van der Waals surface area contributed by atoms with Gasteiger partial charge in [-0.05, 0) is 42.0 Å². The molecule has 1 heteroatoms. The molecular weight excluding hydrogens is 260 g/mol. The molecule has 0 spiro atoms. The molecule has 2 rings (SSSR count). The Bertz CT molecular complexity index is 398. The Morgan fingerprint density at radius 2 is 2.00 bits per heavy atom. The van der Waals surface area contributed by atoms with Crippen molar-refractivity contribution in [3.05, 3.63) is 52.5 Å². The fourth-order valence-electron chi connectivity index (χ4n) is 2.11. The molecule has 0 heterocycles. The zero-order chi connectivity index (χ0) is 11.4. The van der Waals surface area contributed by atoms with E-state index in [4.69, 9.17) is 0 Å². The van der Waals surface area contributed by atoms with Crippen LogP contribution in [0.5, 0.6) is 0 Å². The van der Waals surface area contributed by atoms with Crippen LogP contribution in [0.15, 0.2) is 47.0 Å². The van der Waals surface area contributed by atoms with Crippen LogP contribution < -0.4 is 0 Å². The summed E-state index contributed by atoms with van der Waals surface area (Å²) in [5.41, 5.74) is 2.68. The molecule has 1 aromatic rings. The Morgan fingerprint density at radius 1 is 1.25 bits per heavy atom. The van der Waals surface area contributed by atoms with Crippen LogP contribution in [0, 0.1) is 5.92 Å². The van der Waals surface area contributed by atoms with Crippen LogP contribution in [0.4, 0.5) is 0 Å². The molecule has 0 saturated heterocycles. The van der Waals surface area contributed by atoms with E-state index < -0.39 is 0 Å². The van der Waals surface area contributed by atoms with Crippen LogP contribution in [0.25, 0.3) is 5.57 Å². The summed E-state index contributed by atoms with van der Waals surface area (Å²) in [5, 5.41) is 0. The maximum Gasteiger partial charge on any atom is 0.0175 e. The monoisotopic (exact) mass is 276 g/mol. The largest absolute Gasteiger partial charge is 0.0805 e. The lowest BCUT2D eigenvalue weighted by atomic mass is 9.90. The molecule has 0 fully saturated rings. The van der Waals surface area contributed by atoms with Gasteiger partial charge in [0.25, 0.3) is 0 Å². The molecule has 84 valence electrons. The number of rotatable bonds is 3. The van der Waals surface area contributed by atoms with Gasteiger partial charge < -0.3 is 0 Å².